The van der Waals surface area contributed by atoms with Crippen LogP contribution in [0.5, 0.6) is 0 Å². The third-order valence-electron chi connectivity index (χ3n) is 6.70. The summed E-state index contributed by atoms with van der Waals surface area (Å²) in [6, 6.07) is 19.9. The molecule has 0 saturated carbocycles. The minimum absolute atomic E-state index is 0.157. The van der Waals surface area contributed by atoms with Crippen molar-refractivity contribution >= 4 is 40.3 Å². The lowest BCUT2D eigenvalue weighted by atomic mass is 9.84. The van der Waals surface area contributed by atoms with E-state index in [9.17, 15) is 14.4 Å². The Morgan fingerprint density at radius 2 is 1.58 bits per heavy atom. The summed E-state index contributed by atoms with van der Waals surface area (Å²) in [6.07, 6.45) is 1.71. The molecule has 3 aliphatic rings. The zero-order valence-corrected chi connectivity index (χ0v) is 16.8. The summed E-state index contributed by atoms with van der Waals surface area (Å²) in [5.41, 5.74) is 2.39. The molecule has 2 fully saturated rings. The first-order valence-corrected chi connectivity index (χ1v) is 10.3. The number of carbonyl (C=O) groups excluding carboxylic acids is 3. The SMILES string of the molecule is CC(=O)[C@@H]1[C@H]2C(=O)N(c3ccc4ccccc4c3)C(=O)[C@H]2[C@@H]2c3ccccc3C=NN12. The zero-order valence-electron chi connectivity index (χ0n) is 16.8. The van der Waals surface area contributed by atoms with Gasteiger partial charge in [0.25, 0.3) is 0 Å². The Bertz CT molecular complexity index is 1310. The second-order valence-electron chi connectivity index (χ2n) is 8.35. The molecule has 6 nitrogen and oxygen atoms in total. The summed E-state index contributed by atoms with van der Waals surface area (Å²) >= 11 is 0. The first-order valence-electron chi connectivity index (χ1n) is 10.3. The second kappa shape index (κ2) is 6.35. The molecule has 4 atom stereocenters. The Hall–Kier alpha value is -3.80. The molecule has 0 aliphatic carbocycles. The van der Waals surface area contributed by atoms with Gasteiger partial charge in [-0.15, -0.1) is 0 Å². The van der Waals surface area contributed by atoms with Gasteiger partial charge in [-0.05, 0) is 41.0 Å². The van der Waals surface area contributed by atoms with Crippen molar-refractivity contribution in [1.82, 2.24) is 5.01 Å². The Morgan fingerprint density at radius 3 is 2.39 bits per heavy atom. The third kappa shape index (κ3) is 2.39. The van der Waals surface area contributed by atoms with Crippen molar-refractivity contribution in [2.24, 2.45) is 16.9 Å². The molecule has 0 N–H and O–H groups in total. The van der Waals surface area contributed by atoms with Gasteiger partial charge in [-0.1, -0.05) is 54.6 Å². The fourth-order valence-electron chi connectivity index (χ4n) is 5.39. The molecule has 3 heterocycles. The molecular formula is C25H19N3O3. The molecular weight excluding hydrogens is 390 g/mol. The fourth-order valence-corrected chi connectivity index (χ4v) is 5.39. The van der Waals surface area contributed by atoms with Crippen LogP contribution in [0.2, 0.25) is 0 Å². The van der Waals surface area contributed by atoms with Crippen LogP contribution in [0.1, 0.15) is 24.1 Å². The number of Topliss-reactive ketones (excluding diaryl/α,β-unsaturated/α-hetero) is 1. The second-order valence-corrected chi connectivity index (χ2v) is 8.35. The van der Waals surface area contributed by atoms with Crippen LogP contribution >= 0.6 is 0 Å². The van der Waals surface area contributed by atoms with Gasteiger partial charge in [-0.3, -0.25) is 19.4 Å². The fraction of sp³-hybridized carbons (Fsp3) is 0.200. The number of hydrazone groups is 1. The highest BCUT2D eigenvalue weighted by Gasteiger charge is 2.64. The molecule has 3 aromatic carbocycles. The van der Waals surface area contributed by atoms with Gasteiger partial charge >= 0.3 is 0 Å². The minimum Gasteiger partial charge on any atom is -0.298 e. The topological polar surface area (TPSA) is 70.0 Å². The predicted octanol–water partition coefficient (Wildman–Crippen LogP) is 3.31. The van der Waals surface area contributed by atoms with E-state index in [1.165, 1.54) is 11.8 Å². The van der Waals surface area contributed by atoms with Crippen LogP contribution < -0.4 is 4.90 Å². The first-order chi connectivity index (χ1) is 15.1. The number of benzene rings is 3. The van der Waals surface area contributed by atoms with Crippen molar-refractivity contribution in [2.45, 2.75) is 19.0 Å². The minimum atomic E-state index is -0.749. The Kier molecular flexibility index (Phi) is 3.69. The lowest BCUT2D eigenvalue weighted by Crippen LogP contribution is -2.43. The molecule has 0 spiro atoms. The van der Waals surface area contributed by atoms with Crippen molar-refractivity contribution in [3.05, 3.63) is 77.9 Å². The molecule has 152 valence electrons. The van der Waals surface area contributed by atoms with Gasteiger partial charge in [0.15, 0.2) is 5.78 Å². The molecule has 0 bridgehead atoms. The van der Waals surface area contributed by atoms with Crippen LogP contribution in [-0.4, -0.2) is 34.9 Å². The number of rotatable bonds is 2. The average molecular weight is 409 g/mol. The number of fused-ring (bicyclic) bond motifs is 6. The van der Waals surface area contributed by atoms with E-state index in [1.807, 2.05) is 60.7 Å². The van der Waals surface area contributed by atoms with E-state index in [0.29, 0.717) is 5.69 Å². The molecule has 0 radical (unpaired) electrons. The van der Waals surface area contributed by atoms with Crippen molar-refractivity contribution < 1.29 is 14.4 Å². The van der Waals surface area contributed by atoms with E-state index >= 15 is 0 Å². The maximum absolute atomic E-state index is 13.7. The number of hydrogen-bond donors (Lipinski definition) is 0. The Balaban J connectivity index is 1.49. The predicted molar refractivity (Wildman–Crippen MR) is 117 cm³/mol. The molecule has 2 amide bonds. The van der Waals surface area contributed by atoms with Gasteiger partial charge in [0.2, 0.25) is 11.8 Å². The molecule has 31 heavy (non-hydrogen) atoms. The highest BCUT2D eigenvalue weighted by molar-refractivity contribution is 6.24. The number of anilines is 1. The number of amides is 2. The summed E-state index contributed by atoms with van der Waals surface area (Å²) in [7, 11) is 0. The Morgan fingerprint density at radius 1 is 0.871 bits per heavy atom. The highest BCUT2D eigenvalue weighted by Crippen LogP contribution is 2.52. The monoisotopic (exact) mass is 409 g/mol. The molecule has 3 aromatic rings. The smallest absolute Gasteiger partial charge is 0.240 e. The van der Waals surface area contributed by atoms with Crippen LogP contribution in [0.3, 0.4) is 0 Å². The van der Waals surface area contributed by atoms with Gasteiger partial charge in [-0.25, -0.2) is 4.90 Å². The summed E-state index contributed by atoms with van der Waals surface area (Å²) in [5.74, 6) is -2.14. The standard InChI is InChI=1S/C25H19N3O3/c1-14(29)22-20-21(23-19-9-5-4-8-17(19)13-26-28(22)23)25(31)27(24(20)30)18-11-10-15-6-2-3-7-16(15)12-18/h2-13,20-23H,1H3/t20-,21+,22+,23-/m0/s1. The third-order valence-corrected chi connectivity index (χ3v) is 6.70. The van der Waals surface area contributed by atoms with Crippen molar-refractivity contribution in [3.63, 3.8) is 0 Å². The lowest BCUT2D eigenvalue weighted by Gasteiger charge is -2.33. The van der Waals surface area contributed by atoms with E-state index in [0.717, 1.165) is 21.9 Å². The Labute approximate surface area is 178 Å². The van der Waals surface area contributed by atoms with E-state index in [4.69, 9.17) is 0 Å². The van der Waals surface area contributed by atoms with E-state index in [1.54, 1.807) is 17.3 Å². The normalized spacial score (nSPS) is 26.2. The molecule has 0 aromatic heterocycles. The highest BCUT2D eigenvalue weighted by atomic mass is 16.2. The van der Waals surface area contributed by atoms with Crippen molar-refractivity contribution in [1.29, 1.82) is 0 Å². The van der Waals surface area contributed by atoms with Crippen molar-refractivity contribution in [2.75, 3.05) is 4.90 Å². The van der Waals surface area contributed by atoms with Crippen LogP contribution in [-0.2, 0) is 14.4 Å². The van der Waals surface area contributed by atoms with Gasteiger partial charge in [0, 0.05) is 0 Å². The summed E-state index contributed by atoms with van der Waals surface area (Å²) in [4.78, 5) is 41.2. The van der Waals surface area contributed by atoms with E-state index in [2.05, 4.69) is 5.10 Å². The van der Waals surface area contributed by atoms with Gasteiger partial charge in [-0.2, -0.15) is 5.10 Å². The largest absolute Gasteiger partial charge is 0.298 e. The number of imide groups is 1. The molecule has 6 heteroatoms. The molecule has 2 saturated heterocycles. The van der Waals surface area contributed by atoms with E-state index < -0.39 is 23.9 Å². The number of nitrogens with zero attached hydrogens (tertiary/aromatic N) is 3. The first kappa shape index (κ1) is 18.0. The molecule has 6 rings (SSSR count). The summed E-state index contributed by atoms with van der Waals surface area (Å²) in [6.45, 7) is 1.47. The molecule has 0 unspecified atom stereocenters. The molecule has 3 aliphatic heterocycles. The van der Waals surface area contributed by atoms with E-state index in [-0.39, 0.29) is 17.6 Å². The van der Waals surface area contributed by atoms with Gasteiger partial charge in [0.05, 0.1) is 29.8 Å². The number of carbonyl (C=O) groups is 3. The zero-order chi connectivity index (χ0) is 21.3. The average Bonchev–Trinajstić information content (AvgIpc) is 3.26. The van der Waals surface area contributed by atoms with Gasteiger partial charge in [0.1, 0.15) is 6.04 Å². The number of ketones is 1. The maximum atomic E-state index is 13.7. The number of hydrogen-bond acceptors (Lipinski definition) is 5. The lowest BCUT2D eigenvalue weighted by molar-refractivity contribution is -0.129. The van der Waals surface area contributed by atoms with Crippen molar-refractivity contribution in [3.8, 4) is 0 Å². The summed E-state index contributed by atoms with van der Waals surface area (Å²) in [5, 5.41) is 8.15. The van der Waals surface area contributed by atoms with Crippen LogP contribution in [0, 0.1) is 11.8 Å². The summed E-state index contributed by atoms with van der Waals surface area (Å²) < 4.78 is 0. The van der Waals surface area contributed by atoms with Crippen LogP contribution in [0.25, 0.3) is 10.8 Å². The van der Waals surface area contributed by atoms with Crippen LogP contribution in [0.15, 0.2) is 71.8 Å². The van der Waals surface area contributed by atoms with Gasteiger partial charge < -0.3 is 0 Å². The quantitative estimate of drug-likeness (QED) is 0.609. The maximum Gasteiger partial charge on any atom is 0.240 e. The van der Waals surface area contributed by atoms with Crippen LogP contribution in [0.4, 0.5) is 5.69 Å².